The molecule has 3 aliphatic heterocycles. The van der Waals surface area contributed by atoms with Crippen molar-refractivity contribution in [1.82, 2.24) is 4.90 Å². The topological polar surface area (TPSA) is 104 Å². The molecule has 5 aliphatic carbocycles. The zero-order chi connectivity index (χ0) is 35.6. The summed E-state index contributed by atoms with van der Waals surface area (Å²) in [7, 11) is 0. The van der Waals surface area contributed by atoms with Gasteiger partial charge in [-0.05, 0) is 117 Å². The SMILES string of the molecule is CC(=O)OC(C1CC(C)C2C(O1)C(=O)C1(C)C3CCC4C(C)(C)C(OC5CN(C6CCOCC6)CCO5)CCC45CC35CCC21C)C(C)(C)O. The van der Waals surface area contributed by atoms with Crippen LogP contribution in [0.5, 0.6) is 0 Å². The minimum absolute atomic E-state index is 0.0278. The fourth-order valence-corrected chi connectivity index (χ4v) is 14.6. The van der Waals surface area contributed by atoms with E-state index in [9.17, 15) is 9.90 Å². The molecule has 0 aromatic carbocycles. The number of Topliss-reactive ketones (excluding diaryl/α,β-unsaturated/α-hetero) is 1. The third-order valence-corrected chi connectivity index (χ3v) is 16.9. The van der Waals surface area contributed by atoms with Crippen LogP contribution in [-0.2, 0) is 33.3 Å². The van der Waals surface area contributed by atoms with Crippen molar-refractivity contribution in [3.8, 4) is 0 Å². The van der Waals surface area contributed by atoms with Gasteiger partial charge in [-0.2, -0.15) is 0 Å². The van der Waals surface area contributed by atoms with Gasteiger partial charge in [0.25, 0.3) is 0 Å². The molecule has 8 aliphatic rings. The highest BCUT2D eigenvalue weighted by Crippen LogP contribution is 2.89. The number of rotatable bonds is 6. The van der Waals surface area contributed by atoms with Gasteiger partial charge in [0.1, 0.15) is 6.10 Å². The van der Waals surface area contributed by atoms with Crippen LogP contribution in [0, 0.1) is 50.7 Å². The first-order valence-corrected chi connectivity index (χ1v) is 20.2. The first kappa shape index (κ1) is 35.9. The Morgan fingerprint density at radius 3 is 2.38 bits per heavy atom. The number of esters is 1. The molecule has 9 heteroatoms. The Balaban J connectivity index is 1.01. The molecular formula is C41H65NO8. The number of ketones is 1. The number of aliphatic hydroxyl groups is 1. The molecule has 13 unspecified atom stereocenters. The minimum Gasteiger partial charge on any atom is -0.457 e. The van der Waals surface area contributed by atoms with Gasteiger partial charge in [-0.1, -0.05) is 34.6 Å². The van der Waals surface area contributed by atoms with Crippen molar-refractivity contribution >= 4 is 11.8 Å². The quantitative estimate of drug-likeness (QED) is 0.338. The summed E-state index contributed by atoms with van der Waals surface area (Å²) in [6.45, 7) is 20.9. The zero-order valence-corrected chi connectivity index (χ0v) is 32.1. The van der Waals surface area contributed by atoms with Crippen LogP contribution in [0.25, 0.3) is 0 Å². The summed E-state index contributed by atoms with van der Waals surface area (Å²) in [5, 5.41) is 11.0. The molecule has 8 rings (SSSR count). The van der Waals surface area contributed by atoms with Crippen molar-refractivity contribution in [2.24, 2.45) is 50.7 Å². The van der Waals surface area contributed by atoms with E-state index in [4.69, 9.17) is 23.7 Å². The predicted octanol–water partition coefficient (Wildman–Crippen LogP) is 5.93. The summed E-state index contributed by atoms with van der Waals surface area (Å²) in [4.78, 5) is 29.7. The fourth-order valence-electron chi connectivity index (χ4n) is 14.6. The highest BCUT2D eigenvalue weighted by molar-refractivity contribution is 5.93. The van der Waals surface area contributed by atoms with Crippen LogP contribution in [0.15, 0.2) is 0 Å². The first-order valence-electron chi connectivity index (χ1n) is 20.2. The maximum Gasteiger partial charge on any atom is 0.303 e. The van der Waals surface area contributed by atoms with E-state index in [1.165, 1.54) is 26.2 Å². The Bertz CT molecular complexity index is 1360. The van der Waals surface area contributed by atoms with E-state index in [1.54, 1.807) is 13.8 Å². The van der Waals surface area contributed by atoms with E-state index in [1.807, 2.05) is 0 Å². The van der Waals surface area contributed by atoms with Gasteiger partial charge in [-0.3, -0.25) is 14.5 Å². The standard InChI is InChI=1S/C41H65NO8/c1-24-21-27(35(37(5,6)45)48-25(2)43)49-33-32(24)38(7)15-16-41-23-40(41)14-11-30(36(3,4)28(40)9-10-29(41)39(38,8)34(33)44)50-31-22-42(17-20-47-31)26-12-18-46-19-13-26/h24,26-33,35,45H,9-23H2,1-8H3. The number of carbonyl (C=O) groups is 2. The van der Waals surface area contributed by atoms with Crippen molar-refractivity contribution in [1.29, 1.82) is 0 Å². The fraction of sp³-hybridized carbons (Fsp3) is 0.951. The van der Waals surface area contributed by atoms with Gasteiger partial charge in [0.05, 0.1) is 24.4 Å². The molecule has 5 saturated carbocycles. The molecular weight excluding hydrogens is 634 g/mol. The molecule has 0 radical (unpaired) electrons. The lowest BCUT2D eigenvalue weighted by Gasteiger charge is -2.62. The van der Waals surface area contributed by atoms with Crippen molar-refractivity contribution in [2.75, 3.05) is 32.9 Å². The average Bonchev–Trinajstić information content (AvgIpc) is 3.69. The van der Waals surface area contributed by atoms with Crippen LogP contribution in [0.4, 0.5) is 0 Å². The van der Waals surface area contributed by atoms with Gasteiger partial charge in [-0.15, -0.1) is 0 Å². The maximum absolute atomic E-state index is 15.1. The third kappa shape index (κ3) is 4.98. The van der Waals surface area contributed by atoms with Crippen LogP contribution in [0.3, 0.4) is 0 Å². The summed E-state index contributed by atoms with van der Waals surface area (Å²) in [5.41, 5.74) is -1.40. The minimum atomic E-state index is -1.28. The number of nitrogens with zero attached hydrogens (tertiary/aromatic N) is 1. The number of fused-ring (bicyclic) bond motifs is 4. The molecule has 0 amide bonds. The Hall–Kier alpha value is -1.10. The molecule has 9 nitrogen and oxygen atoms in total. The molecule has 2 spiro atoms. The second-order valence-corrected chi connectivity index (χ2v) is 19.8. The van der Waals surface area contributed by atoms with Crippen LogP contribution < -0.4 is 0 Å². The Morgan fingerprint density at radius 2 is 1.68 bits per heavy atom. The molecule has 3 saturated heterocycles. The molecule has 3 heterocycles. The van der Waals surface area contributed by atoms with Gasteiger partial charge < -0.3 is 28.8 Å². The lowest BCUT2D eigenvalue weighted by Crippen LogP contribution is -2.60. The van der Waals surface area contributed by atoms with Crippen molar-refractivity contribution in [3.05, 3.63) is 0 Å². The molecule has 8 fully saturated rings. The van der Waals surface area contributed by atoms with Gasteiger partial charge >= 0.3 is 5.97 Å². The first-order chi connectivity index (χ1) is 23.5. The van der Waals surface area contributed by atoms with E-state index < -0.39 is 35.3 Å². The predicted molar refractivity (Wildman–Crippen MR) is 187 cm³/mol. The van der Waals surface area contributed by atoms with E-state index in [2.05, 4.69) is 39.5 Å². The highest BCUT2D eigenvalue weighted by Gasteiger charge is 2.85. The molecule has 0 bridgehead atoms. The van der Waals surface area contributed by atoms with Crippen molar-refractivity contribution < 1.29 is 38.4 Å². The number of morpholine rings is 1. The largest absolute Gasteiger partial charge is 0.457 e. The van der Waals surface area contributed by atoms with E-state index in [-0.39, 0.29) is 51.7 Å². The molecule has 0 aromatic rings. The van der Waals surface area contributed by atoms with E-state index in [0.717, 1.165) is 71.4 Å². The van der Waals surface area contributed by atoms with Crippen LogP contribution >= 0.6 is 0 Å². The monoisotopic (exact) mass is 699 g/mol. The maximum atomic E-state index is 15.1. The van der Waals surface area contributed by atoms with Crippen molar-refractivity contribution in [2.45, 2.75) is 162 Å². The highest BCUT2D eigenvalue weighted by atomic mass is 16.7. The number of ether oxygens (including phenoxy) is 5. The van der Waals surface area contributed by atoms with Gasteiger partial charge in [-0.25, -0.2) is 0 Å². The molecule has 50 heavy (non-hydrogen) atoms. The summed E-state index contributed by atoms with van der Waals surface area (Å²) >= 11 is 0. The number of carbonyl (C=O) groups excluding carboxylic acids is 2. The number of hydrogen-bond acceptors (Lipinski definition) is 9. The zero-order valence-electron chi connectivity index (χ0n) is 32.1. The van der Waals surface area contributed by atoms with E-state index >= 15 is 4.79 Å². The second kappa shape index (κ2) is 11.9. The van der Waals surface area contributed by atoms with Crippen LogP contribution in [0.2, 0.25) is 0 Å². The van der Waals surface area contributed by atoms with Gasteiger partial charge in [0.15, 0.2) is 18.2 Å². The van der Waals surface area contributed by atoms with Gasteiger partial charge in [0, 0.05) is 50.6 Å². The summed E-state index contributed by atoms with van der Waals surface area (Å²) in [6, 6.07) is 0.569. The van der Waals surface area contributed by atoms with Crippen LogP contribution in [0.1, 0.15) is 120 Å². The molecule has 1 N–H and O–H groups in total. The Morgan fingerprint density at radius 1 is 0.980 bits per heavy atom. The Kier molecular flexibility index (Phi) is 8.58. The second-order valence-electron chi connectivity index (χ2n) is 19.8. The average molecular weight is 700 g/mol. The number of hydrogen-bond donors (Lipinski definition) is 1. The summed E-state index contributed by atoms with van der Waals surface area (Å²) in [6.07, 6.45) is 8.91. The lowest BCUT2D eigenvalue weighted by molar-refractivity contribution is -0.250. The Labute approximate surface area is 300 Å². The lowest BCUT2D eigenvalue weighted by atomic mass is 9.41. The third-order valence-electron chi connectivity index (χ3n) is 16.9. The van der Waals surface area contributed by atoms with Crippen molar-refractivity contribution in [3.63, 3.8) is 0 Å². The molecule has 13 atom stereocenters. The molecule has 282 valence electrons. The molecule has 0 aromatic heterocycles. The van der Waals surface area contributed by atoms with Gasteiger partial charge in [0.2, 0.25) is 0 Å². The summed E-state index contributed by atoms with van der Waals surface area (Å²) in [5.74, 6) is 1.08. The summed E-state index contributed by atoms with van der Waals surface area (Å²) < 4.78 is 31.3. The van der Waals surface area contributed by atoms with E-state index in [0.29, 0.717) is 24.3 Å². The smallest absolute Gasteiger partial charge is 0.303 e. The van der Waals surface area contributed by atoms with Crippen LogP contribution in [-0.4, -0.2) is 97.0 Å². The normalized spacial score (nSPS) is 49.5.